The predicted octanol–water partition coefficient (Wildman–Crippen LogP) is -5.09. The lowest BCUT2D eigenvalue weighted by Gasteiger charge is -2.26. The molecule has 17 N–H and O–H groups in total. The van der Waals surface area contributed by atoms with Crippen molar-refractivity contribution in [2.45, 2.75) is 108 Å². The highest BCUT2D eigenvalue weighted by molar-refractivity contribution is 7.98. The van der Waals surface area contributed by atoms with Gasteiger partial charge in [-0.25, -0.2) is 4.79 Å². The molecule has 56 heavy (non-hydrogen) atoms. The van der Waals surface area contributed by atoms with E-state index in [0.29, 0.717) is 5.75 Å². The fourth-order valence-corrected chi connectivity index (χ4v) is 5.13. The Hall–Kier alpha value is -5.23. The molecule has 0 aliphatic heterocycles. The van der Waals surface area contributed by atoms with E-state index in [2.05, 4.69) is 36.9 Å². The summed E-state index contributed by atoms with van der Waals surface area (Å²) in [7, 11) is 0. The summed E-state index contributed by atoms with van der Waals surface area (Å²) in [6, 6.07) is -8.34. The fraction of sp³-hybridized carbons (Fsp3) is 0.688. The molecule has 0 aliphatic carbocycles. The first-order chi connectivity index (χ1) is 26.1. The lowest BCUT2D eigenvalue weighted by atomic mass is 10.0. The van der Waals surface area contributed by atoms with Crippen molar-refractivity contribution in [1.29, 1.82) is 0 Å². The third kappa shape index (κ3) is 21.0. The molecule has 0 aromatic carbocycles. The van der Waals surface area contributed by atoms with Crippen molar-refractivity contribution < 1.29 is 58.5 Å². The number of aliphatic carboxylic acids is 2. The number of nitrogens with two attached hydrogens (primary N) is 4. The average Bonchev–Trinajstić information content (AvgIpc) is 3.11. The van der Waals surface area contributed by atoms with E-state index in [0.717, 1.165) is 6.92 Å². The van der Waals surface area contributed by atoms with Gasteiger partial charge in [0.1, 0.15) is 30.2 Å². The second-order valence-corrected chi connectivity index (χ2v) is 14.0. The minimum atomic E-state index is -1.75. The van der Waals surface area contributed by atoms with Crippen molar-refractivity contribution in [2.75, 3.05) is 25.1 Å². The first-order valence-corrected chi connectivity index (χ1v) is 19.0. The zero-order valence-corrected chi connectivity index (χ0v) is 32.7. The van der Waals surface area contributed by atoms with E-state index < -0.39 is 115 Å². The Labute approximate surface area is 328 Å². The van der Waals surface area contributed by atoms with Crippen LogP contribution in [0.25, 0.3) is 0 Å². The van der Waals surface area contributed by atoms with Crippen molar-refractivity contribution in [3.05, 3.63) is 0 Å². The lowest BCUT2D eigenvalue weighted by Crippen LogP contribution is -2.59. The number of hydrogen-bond donors (Lipinski definition) is 13. The topological polar surface area (TPSA) is 403 Å². The molecular weight excluding hydrogens is 762 g/mol. The average molecular weight is 820 g/mol. The number of aliphatic imine (C=N–C) groups is 1. The molecule has 23 nitrogen and oxygen atoms in total. The monoisotopic (exact) mass is 819 g/mol. The van der Waals surface area contributed by atoms with Crippen LogP contribution in [0.4, 0.5) is 0 Å². The van der Waals surface area contributed by atoms with Crippen molar-refractivity contribution in [1.82, 2.24) is 31.9 Å². The normalized spacial score (nSPS) is 14.6. The molecule has 0 spiro atoms. The number of rotatable bonds is 28. The molecule has 0 rings (SSSR count). The van der Waals surface area contributed by atoms with Crippen LogP contribution in [0.3, 0.4) is 0 Å². The van der Waals surface area contributed by atoms with Crippen LogP contribution in [0.1, 0.15) is 65.7 Å². The third-order valence-electron chi connectivity index (χ3n) is 7.92. The number of aliphatic hydroxyl groups is 1. The molecule has 0 aromatic heterocycles. The van der Waals surface area contributed by atoms with Gasteiger partial charge in [-0.05, 0) is 57.0 Å². The SMILES string of the molecule is CSCC[C@H](NC(=O)[C@H](CCC(N)=O)NC(=O)[C@@H](N)C(C)C)C(=O)NCC(=O)N[C@@H](CCC(=O)O)C(=O)N[C@H](C(=O)N[C@@H](CCCN=C(N)N)C(=O)O)[C@@H](C)O. The van der Waals surface area contributed by atoms with E-state index in [1.54, 1.807) is 20.1 Å². The summed E-state index contributed by atoms with van der Waals surface area (Å²) in [5, 5.41) is 43.0. The van der Waals surface area contributed by atoms with Crippen LogP contribution in [0.15, 0.2) is 4.99 Å². The van der Waals surface area contributed by atoms with Crippen LogP contribution < -0.4 is 54.8 Å². The fourth-order valence-electron chi connectivity index (χ4n) is 4.66. The van der Waals surface area contributed by atoms with Crippen LogP contribution in [-0.4, -0.2) is 142 Å². The van der Waals surface area contributed by atoms with E-state index in [1.165, 1.54) is 11.8 Å². The molecule has 0 saturated carbocycles. The number of amides is 7. The largest absolute Gasteiger partial charge is 0.481 e. The van der Waals surface area contributed by atoms with Crippen LogP contribution in [-0.2, 0) is 43.2 Å². The van der Waals surface area contributed by atoms with Crippen LogP contribution in [0, 0.1) is 5.92 Å². The molecular formula is C32H57N11O12S. The Morgan fingerprint density at radius 1 is 0.679 bits per heavy atom. The van der Waals surface area contributed by atoms with Crippen LogP contribution in [0.2, 0.25) is 0 Å². The summed E-state index contributed by atoms with van der Waals surface area (Å²) in [6.07, 6.45) is -1.37. The molecule has 7 atom stereocenters. The quantitative estimate of drug-likeness (QED) is 0.0199. The standard InChI is InChI=1S/C32H57N11O12S/c1-15(2)24(34)29(52)41-18(7-9-21(33)45)27(50)40-19(11-13-56-4)26(49)38-14-22(46)39-17(8-10-23(47)48)28(51)43-25(16(3)44)30(53)42-20(31(54)55)6-5-12-37-32(35)36/h15-20,24-25,44H,5-14,34H2,1-4H3,(H2,33,45)(H,38,49)(H,39,46)(H,40,50)(H,41,52)(H,42,53)(H,43,51)(H,47,48)(H,54,55)(H4,35,36,37)/t16-,17+,18+,19+,20+,24+,25+/m1/s1. The van der Waals surface area contributed by atoms with Gasteiger partial charge < -0.3 is 70.2 Å². The second-order valence-electron chi connectivity index (χ2n) is 13.0. The second kappa shape index (κ2) is 26.6. The van der Waals surface area contributed by atoms with Crippen molar-refractivity contribution in [3.63, 3.8) is 0 Å². The molecule has 0 heterocycles. The van der Waals surface area contributed by atoms with Gasteiger partial charge in [-0.1, -0.05) is 13.8 Å². The van der Waals surface area contributed by atoms with Gasteiger partial charge in [-0.3, -0.25) is 43.3 Å². The van der Waals surface area contributed by atoms with Crippen LogP contribution >= 0.6 is 11.8 Å². The van der Waals surface area contributed by atoms with Gasteiger partial charge in [-0.2, -0.15) is 11.8 Å². The summed E-state index contributed by atoms with van der Waals surface area (Å²) in [5.74, 6) is -9.20. The van der Waals surface area contributed by atoms with E-state index in [4.69, 9.17) is 22.9 Å². The Kier molecular flexibility index (Phi) is 24.1. The van der Waals surface area contributed by atoms with Gasteiger partial charge >= 0.3 is 11.9 Å². The molecule has 0 radical (unpaired) electrons. The number of carbonyl (C=O) groups is 9. The van der Waals surface area contributed by atoms with E-state index in [9.17, 15) is 58.5 Å². The lowest BCUT2D eigenvalue weighted by molar-refractivity contribution is -0.143. The number of nitrogens with zero attached hydrogens (tertiary/aromatic N) is 1. The Bertz CT molecular complexity index is 1410. The summed E-state index contributed by atoms with van der Waals surface area (Å²) in [6.45, 7) is 3.79. The number of carbonyl (C=O) groups excluding carboxylic acids is 7. The van der Waals surface area contributed by atoms with E-state index in [1.807, 2.05) is 0 Å². The Balaban J connectivity index is 5.84. The minimum absolute atomic E-state index is 0.0593. The molecule has 0 aliphatic rings. The highest BCUT2D eigenvalue weighted by Crippen LogP contribution is 2.07. The van der Waals surface area contributed by atoms with Gasteiger partial charge in [0.25, 0.3) is 0 Å². The van der Waals surface area contributed by atoms with Gasteiger partial charge in [0.05, 0.1) is 18.7 Å². The van der Waals surface area contributed by atoms with Crippen molar-refractivity contribution >= 4 is 71.0 Å². The summed E-state index contributed by atoms with van der Waals surface area (Å²) >= 11 is 1.34. The maximum atomic E-state index is 13.2. The smallest absolute Gasteiger partial charge is 0.326 e. The maximum absolute atomic E-state index is 13.2. The van der Waals surface area contributed by atoms with Crippen LogP contribution in [0.5, 0.6) is 0 Å². The van der Waals surface area contributed by atoms with Crippen molar-refractivity contribution in [3.8, 4) is 0 Å². The van der Waals surface area contributed by atoms with Gasteiger partial charge in [0.15, 0.2) is 5.96 Å². The van der Waals surface area contributed by atoms with E-state index >= 15 is 0 Å². The molecule has 0 fully saturated rings. The summed E-state index contributed by atoms with van der Waals surface area (Å²) < 4.78 is 0. The number of carboxylic acid groups (broad SMARTS) is 2. The highest BCUT2D eigenvalue weighted by Gasteiger charge is 2.33. The van der Waals surface area contributed by atoms with Gasteiger partial charge in [0.2, 0.25) is 41.4 Å². The number of nitrogens with one attached hydrogen (secondary N) is 6. The molecule has 7 amide bonds. The number of carboxylic acids is 2. The highest BCUT2D eigenvalue weighted by atomic mass is 32.2. The zero-order chi connectivity index (χ0) is 43.1. The third-order valence-corrected chi connectivity index (χ3v) is 8.57. The number of aliphatic hydroxyl groups excluding tert-OH is 1. The van der Waals surface area contributed by atoms with Gasteiger partial charge in [-0.15, -0.1) is 0 Å². The van der Waals surface area contributed by atoms with Gasteiger partial charge in [0, 0.05) is 19.4 Å². The molecule has 24 heteroatoms. The zero-order valence-electron chi connectivity index (χ0n) is 31.9. The number of guanidine groups is 1. The number of hydrogen-bond acceptors (Lipinski definition) is 13. The van der Waals surface area contributed by atoms with Crippen molar-refractivity contribution in [2.24, 2.45) is 33.8 Å². The molecule has 0 aromatic rings. The molecule has 0 unspecified atom stereocenters. The first-order valence-electron chi connectivity index (χ1n) is 17.6. The Morgan fingerprint density at radius 3 is 1.73 bits per heavy atom. The number of thioether (sulfide) groups is 1. The number of primary amides is 1. The molecule has 318 valence electrons. The van der Waals surface area contributed by atoms with E-state index in [-0.39, 0.29) is 50.5 Å². The first kappa shape index (κ1) is 50.8. The molecule has 0 saturated heterocycles. The minimum Gasteiger partial charge on any atom is -0.481 e. The Morgan fingerprint density at radius 2 is 1.21 bits per heavy atom. The summed E-state index contributed by atoms with van der Waals surface area (Å²) in [4.78, 5) is 116. The summed E-state index contributed by atoms with van der Waals surface area (Å²) in [5.41, 5.74) is 21.6. The maximum Gasteiger partial charge on any atom is 0.326 e. The predicted molar refractivity (Wildman–Crippen MR) is 203 cm³/mol. The molecule has 0 bridgehead atoms.